The van der Waals surface area contributed by atoms with Gasteiger partial charge in [0.15, 0.2) is 0 Å². The van der Waals surface area contributed by atoms with Crippen LogP contribution in [0.4, 0.5) is 0 Å². The summed E-state index contributed by atoms with van der Waals surface area (Å²) in [5.41, 5.74) is 1.25. The quantitative estimate of drug-likeness (QED) is 0.530. The number of hydrogen-bond acceptors (Lipinski definition) is 2. The molecule has 1 atom stereocenters. The molecule has 0 spiro atoms. The maximum atomic E-state index is 12.4. The summed E-state index contributed by atoms with van der Waals surface area (Å²) < 4.78 is 16.6. The Labute approximate surface area is 148 Å². The smallest absolute Gasteiger partial charge is 0.144 e. The van der Waals surface area contributed by atoms with E-state index < -0.39 is 11.4 Å². The summed E-state index contributed by atoms with van der Waals surface area (Å²) in [6.07, 6.45) is 7.90. The lowest BCUT2D eigenvalue weighted by Gasteiger charge is -2.34. The molecule has 1 aliphatic carbocycles. The van der Waals surface area contributed by atoms with Crippen molar-refractivity contribution >= 4 is 28.3 Å². The highest BCUT2D eigenvalue weighted by Gasteiger charge is 2.35. The van der Waals surface area contributed by atoms with Crippen molar-refractivity contribution in [3.05, 3.63) is 48.0 Å². The van der Waals surface area contributed by atoms with E-state index in [9.17, 15) is 4.55 Å². The Hall–Kier alpha value is -1.32. The van der Waals surface area contributed by atoms with E-state index in [-0.39, 0.29) is 10.2 Å². The van der Waals surface area contributed by atoms with Gasteiger partial charge in [-0.3, -0.25) is 0 Å². The minimum atomic E-state index is -1.20. The molecule has 0 aliphatic heterocycles. The van der Waals surface area contributed by atoms with Crippen molar-refractivity contribution in [2.24, 2.45) is 4.40 Å². The van der Waals surface area contributed by atoms with E-state index in [4.69, 9.17) is 0 Å². The molecule has 1 aliphatic rings. The van der Waals surface area contributed by atoms with Crippen molar-refractivity contribution in [3.8, 4) is 0 Å². The highest BCUT2D eigenvalue weighted by Crippen LogP contribution is 2.39. The zero-order valence-corrected chi connectivity index (χ0v) is 15.7. The van der Waals surface area contributed by atoms with Crippen molar-refractivity contribution in [1.29, 1.82) is 0 Å². The molecule has 2 nitrogen and oxygen atoms in total. The Morgan fingerprint density at radius 3 is 2.33 bits per heavy atom. The Balaban J connectivity index is 1.99. The summed E-state index contributed by atoms with van der Waals surface area (Å²) in [5, 5.41) is 2.53. The van der Waals surface area contributed by atoms with Gasteiger partial charge in [0.1, 0.15) is 16.1 Å². The monoisotopic (exact) mass is 341 g/mol. The third kappa shape index (κ3) is 3.68. The van der Waals surface area contributed by atoms with Crippen LogP contribution in [0.5, 0.6) is 0 Å². The summed E-state index contributed by atoms with van der Waals surface area (Å²) in [4.78, 5) is 0. The second-order valence-electron chi connectivity index (χ2n) is 7.87. The molecule has 2 aromatic carbocycles. The van der Waals surface area contributed by atoms with E-state index in [0.717, 1.165) is 12.8 Å². The molecule has 0 amide bonds. The Bertz CT molecular complexity index is 726. The third-order valence-corrected chi connectivity index (χ3v) is 6.33. The molecule has 3 heteroatoms. The summed E-state index contributed by atoms with van der Waals surface area (Å²) in [7, 11) is 0. The molecule has 0 bridgehead atoms. The van der Waals surface area contributed by atoms with Crippen molar-refractivity contribution in [2.75, 3.05) is 0 Å². The Morgan fingerprint density at radius 1 is 1.00 bits per heavy atom. The highest BCUT2D eigenvalue weighted by atomic mass is 32.2. The van der Waals surface area contributed by atoms with Crippen LogP contribution in [0.25, 0.3) is 10.8 Å². The highest BCUT2D eigenvalue weighted by molar-refractivity contribution is 7.91. The van der Waals surface area contributed by atoms with Crippen molar-refractivity contribution in [3.63, 3.8) is 0 Å². The van der Waals surface area contributed by atoms with Gasteiger partial charge in [-0.1, -0.05) is 66.1 Å². The van der Waals surface area contributed by atoms with Gasteiger partial charge in [-0.25, -0.2) is 0 Å². The molecule has 24 heavy (non-hydrogen) atoms. The predicted octanol–water partition coefficient (Wildman–Crippen LogP) is 5.57. The van der Waals surface area contributed by atoms with Crippen molar-refractivity contribution in [2.45, 2.75) is 63.0 Å². The third-order valence-electron chi connectivity index (χ3n) is 4.99. The van der Waals surface area contributed by atoms with E-state index >= 15 is 0 Å². The summed E-state index contributed by atoms with van der Waals surface area (Å²) in [6, 6.07) is 15.2. The lowest BCUT2D eigenvalue weighted by molar-refractivity contribution is 0.387. The molecule has 0 aromatic heterocycles. The standard InChI is InChI=1S/C21H27NOS/c1-20(2,3)24(23)22-16-21(13-7-4-8-14-21)19-12-11-17-9-5-6-10-18(17)15-19/h5-6,9-12,15-16H,4,7-8,13-14H2,1-3H3/t24-/m1/s1. The number of rotatable bonds is 3. The first-order valence-electron chi connectivity index (χ1n) is 8.87. The van der Waals surface area contributed by atoms with Crippen LogP contribution in [0, 0.1) is 0 Å². The van der Waals surface area contributed by atoms with Crippen LogP contribution in [-0.2, 0) is 16.8 Å². The molecule has 1 saturated carbocycles. The normalized spacial score (nSPS) is 19.7. The van der Waals surface area contributed by atoms with Gasteiger partial charge in [0.25, 0.3) is 0 Å². The van der Waals surface area contributed by atoms with Gasteiger partial charge in [-0.05, 0) is 49.9 Å². The molecule has 0 heterocycles. The molecule has 0 N–H and O–H groups in total. The molecule has 2 aromatic rings. The number of benzene rings is 2. The second kappa shape index (κ2) is 6.89. The number of hydrogen-bond donors (Lipinski definition) is 0. The molecular weight excluding hydrogens is 314 g/mol. The van der Waals surface area contributed by atoms with Crippen LogP contribution in [-0.4, -0.2) is 15.5 Å². The lowest BCUT2D eigenvalue weighted by atomic mass is 9.70. The average molecular weight is 342 g/mol. The van der Waals surface area contributed by atoms with E-state index in [1.165, 1.54) is 35.6 Å². The fraction of sp³-hybridized carbons (Fsp3) is 0.476. The summed E-state index contributed by atoms with van der Waals surface area (Å²) >= 11 is -1.20. The minimum Gasteiger partial charge on any atom is -0.591 e. The number of fused-ring (bicyclic) bond motifs is 1. The van der Waals surface area contributed by atoms with Gasteiger partial charge in [-0.15, -0.1) is 0 Å². The van der Waals surface area contributed by atoms with Crippen LogP contribution in [0.1, 0.15) is 58.4 Å². The maximum Gasteiger partial charge on any atom is 0.144 e. The van der Waals surface area contributed by atoms with Crippen LogP contribution >= 0.6 is 0 Å². The van der Waals surface area contributed by atoms with E-state index in [0.29, 0.717) is 0 Å². The van der Waals surface area contributed by atoms with Crippen LogP contribution < -0.4 is 0 Å². The molecule has 0 unspecified atom stereocenters. The van der Waals surface area contributed by atoms with E-state index in [1.807, 2.05) is 27.0 Å². The van der Waals surface area contributed by atoms with Gasteiger partial charge >= 0.3 is 0 Å². The van der Waals surface area contributed by atoms with E-state index in [1.54, 1.807) is 0 Å². The first kappa shape index (κ1) is 17.5. The zero-order valence-electron chi connectivity index (χ0n) is 14.9. The fourth-order valence-electron chi connectivity index (χ4n) is 3.48. The minimum absolute atomic E-state index is 0.0663. The molecule has 0 radical (unpaired) electrons. The van der Waals surface area contributed by atoms with Crippen molar-refractivity contribution in [1.82, 2.24) is 0 Å². The van der Waals surface area contributed by atoms with Gasteiger partial charge in [0, 0.05) is 5.41 Å². The zero-order chi connectivity index (χ0) is 17.2. The van der Waals surface area contributed by atoms with Gasteiger partial charge in [0.2, 0.25) is 0 Å². The average Bonchev–Trinajstić information content (AvgIpc) is 2.59. The summed E-state index contributed by atoms with van der Waals surface area (Å²) in [5.74, 6) is 0. The molecular formula is C21H27NOS. The van der Waals surface area contributed by atoms with Crippen LogP contribution in [0.3, 0.4) is 0 Å². The van der Waals surface area contributed by atoms with Gasteiger partial charge in [0.05, 0.1) is 6.21 Å². The molecule has 1 fully saturated rings. The fourth-order valence-corrected chi connectivity index (χ4v) is 4.09. The number of nitrogens with zero attached hydrogens (tertiary/aromatic N) is 1. The Morgan fingerprint density at radius 2 is 1.67 bits per heavy atom. The SMILES string of the molecule is CC(C)(C)[S@@+]([O-])N=CC1(c2ccc3ccccc3c2)CCCCC1. The van der Waals surface area contributed by atoms with Crippen LogP contribution in [0.2, 0.25) is 0 Å². The first-order valence-corrected chi connectivity index (χ1v) is 9.98. The first-order chi connectivity index (χ1) is 11.4. The van der Waals surface area contributed by atoms with Gasteiger partial charge < -0.3 is 4.55 Å². The van der Waals surface area contributed by atoms with Crippen LogP contribution in [0.15, 0.2) is 46.9 Å². The van der Waals surface area contributed by atoms with Gasteiger partial charge in [-0.2, -0.15) is 0 Å². The summed E-state index contributed by atoms with van der Waals surface area (Å²) in [6.45, 7) is 5.93. The second-order valence-corrected chi connectivity index (χ2v) is 9.81. The largest absolute Gasteiger partial charge is 0.591 e. The molecule has 128 valence electrons. The maximum absolute atomic E-state index is 12.4. The lowest BCUT2D eigenvalue weighted by Crippen LogP contribution is -2.33. The topological polar surface area (TPSA) is 35.4 Å². The van der Waals surface area contributed by atoms with Crippen molar-refractivity contribution < 1.29 is 4.55 Å². The predicted molar refractivity (Wildman–Crippen MR) is 105 cm³/mol. The molecule has 3 rings (SSSR count). The Kier molecular flexibility index (Phi) is 5.03. The van der Waals surface area contributed by atoms with E-state index in [2.05, 4.69) is 46.9 Å². The molecule has 0 saturated heterocycles.